The first-order chi connectivity index (χ1) is 17.9. The van der Waals surface area contributed by atoms with Gasteiger partial charge in [-0.05, 0) is 54.3 Å². The first-order valence-corrected chi connectivity index (χ1v) is 13.9. The molecule has 1 aromatic heterocycles. The van der Waals surface area contributed by atoms with Crippen molar-refractivity contribution in [1.82, 2.24) is 14.3 Å². The molecule has 0 unspecified atom stereocenters. The minimum absolute atomic E-state index is 0.0206. The van der Waals surface area contributed by atoms with Crippen molar-refractivity contribution in [2.45, 2.75) is 43.4 Å². The summed E-state index contributed by atoms with van der Waals surface area (Å²) >= 11 is 6.02. The van der Waals surface area contributed by atoms with Gasteiger partial charge in [0.2, 0.25) is 10.0 Å². The maximum atomic E-state index is 13.1. The van der Waals surface area contributed by atoms with Crippen molar-refractivity contribution in [1.29, 1.82) is 0 Å². The van der Waals surface area contributed by atoms with Gasteiger partial charge < -0.3 is 9.30 Å². The van der Waals surface area contributed by atoms with Crippen LogP contribution < -0.4 is 9.46 Å². The van der Waals surface area contributed by atoms with Gasteiger partial charge in [0, 0.05) is 41.5 Å². The van der Waals surface area contributed by atoms with Crippen LogP contribution in [0.4, 0.5) is 0 Å². The zero-order chi connectivity index (χ0) is 25.8. The van der Waals surface area contributed by atoms with Gasteiger partial charge in [0.1, 0.15) is 11.9 Å². The Balaban J connectivity index is 1.51. The molecule has 0 amide bonds. The molecule has 3 aromatic carbocycles. The zero-order valence-corrected chi connectivity index (χ0v) is 21.6. The fraction of sp³-hybridized carbons (Fsp3) is 0.214. The number of Topliss-reactive ketones (excluding diaryl/α,β-unsaturated/α-hetero) is 1. The van der Waals surface area contributed by atoms with Crippen LogP contribution in [0, 0.1) is 0 Å². The molecular weight excluding hydrogens is 510 g/mol. The first kappa shape index (κ1) is 25.2. The molecule has 0 saturated carbocycles. The minimum atomic E-state index is -3.85. The van der Waals surface area contributed by atoms with E-state index in [1.807, 2.05) is 41.1 Å². The molecule has 1 N–H and O–H groups in total. The average Bonchev–Trinajstić information content (AvgIpc) is 3.41. The third-order valence-corrected chi connectivity index (χ3v) is 8.07. The van der Waals surface area contributed by atoms with Gasteiger partial charge in [0.25, 0.3) is 0 Å². The molecule has 5 rings (SSSR count). The summed E-state index contributed by atoms with van der Waals surface area (Å²) in [5.41, 5.74) is 3.09. The van der Waals surface area contributed by atoms with E-state index in [2.05, 4.69) is 9.71 Å². The number of sulfonamides is 1. The fourth-order valence-electron chi connectivity index (χ4n) is 4.59. The number of fused-ring (bicyclic) bond motifs is 1. The largest absolute Gasteiger partial charge is 0.484 e. The summed E-state index contributed by atoms with van der Waals surface area (Å²) < 4.78 is 37.3. The van der Waals surface area contributed by atoms with Crippen LogP contribution in [0.3, 0.4) is 0 Å². The highest BCUT2D eigenvalue weighted by molar-refractivity contribution is 7.89. The standard InChI is InChI=1S/C28H26ClN3O4S/c29-21-8-4-9-22(16-21)37(34,35)31-17-25-23-10-5-11-26(33)24(23)12-13-27(25)36-28(18-32-15-14-30-19-32)20-6-2-1-3-7-20/h1-4,6-9,12-16,19,28,31H,5,10-11,17-18H2/t28-/m1/s1. The van der Waals surface area contributed by atoms with Crippen LogP contribution in [0.25, 0.3) is 0 Å². The van der Waals surface area contributed by atoms with Crippen LogP contribution in [0.15, 0.2) is 90.3 Å². The quantitative estimate of drug-likeness (QED) is 0.312. The number of ether oxygens (including phenoxy) is 1. The highest BCUT2D eigenvalue weighted by Crippen LogP contribution is 2.34. The number of carbonyl (C=O) groups is 1. The molecule has 0 aliphatic heterocycles. The molecule has 0 saturated heterocycles. The smallest absolute Gasteiger partial charge is 0.240 e. The lowest BCUT2D eigenvalue weighted by Gasteiger charge is -2.26. The number of rotatable bonds is 9. The van der Waals surface area contributed by atoms with Crippen LogP contribution in [0.5, 0.6) is 5.75 Å². The van der Waals surface area contributed by atoms with Gasteiger partial charge in [-0.1, -0.05) is 48.0 Å². The van der Waals surface area contributed by atoms with Gasteiger partial charge >= 0.3 is 0 Å². The predicted octanol–water partition coefficient (Wildman–Crippen LogP) is 5.35. The second-order valence-electron chi connectivity index (χ2n) is 8.90. The number of halogens is 1. The normalized spacial score (nSPS) is 14.2. The Bertz CT molecular complexity index is 1510. The maximum Gasteiger partial charge on any atom is 0.240 e. The molecule has 1 heterocycles. The predicted molar refractivity (Wildman–Crippen MR) is 141 cm³/mol. The lowest BCUT2D eigenvalue weighted by molar-refractivity contribution is 0.0972. The summed E-state index contributed by atoms with van der Waals surface area (Å²) in [6.07, 6.45) is 6.80. The molecule has 190 valence electrons. The van der Waals surface area contributed by atoms with Gasteiger partial charge in [0.05, 0.1) is 17.8 Å². The van der Waals surface area contributed by atoms with E-state index < -0.39 is 10.0 Å². The van der Waals surface area contributed by atoms with Gasteiger partial charge in [-0.25, -0.2) is 18.1 Å². The summed E-state index contributed by atoms with van der Waals surface area (Å²) in [6.45, 7) is 0.487. The summed E-state index contributed by atoms with van der Waals surface area (Å²) in [6, 6.07) is 19.5. The third-order valence-electron chi connectivity index (χ3n) is 6.44. The molecule has 4 aromatic rings. The van der Waals surface area contributed by atoms with Crippen LogP contribution >= 0.6 is 11.6 Å². The number of benzene rings is 3. The van der Waals surface area contributed by atoms with Crippen molar-refractivity contribution in [3.05, 3.63) is 113 Å². The van der Waals surface area contributed by atoms with Gasteiger partial charge in [-0.15, -0.1) is 0 Å². The second kappa shape index (κ2) is 10.9. The fourth-order valence-corrected chi connectivity index (χ4v) is 5.88. The topological polar surface area (TPSA) is 90.3 Å². The Kier molecular flexibility index (Phi) is 7.41. The molecule has 0 fully saturated rings. The van der Waals surface area contributed by atoms with Crippen molar-refractivity contribution in [3.8, 4) is 5.75 Å². The highest BCUT2D eigenvalue weighted by Gasteiger charge is 2.26. The van der Waals surface area contributed by atoms with Gasteiger partial charge in [-0.2, -0.15) is 0 Å². The van der Waals surface area contributed by atoms with E-state index in [9.17, 15) is 13.2 Å². The molecular formula is C28H26ClN3O4S. The number of nitrogens with zero attached hydrogens (tertiary/aromatic N) is 2. The van der Waals surface area contributed by atoms with E-state index in [1.54, 1.807) is 36.8 Å². The van der Waals surface area contributed by atoms with Crippen LogP contribution in [-0.2, 0) is 29.5 Å². The summed E-state index contributed by atoms with van der Waals surface area (Å²) in [5, 5.41) is 0.333. The number of nitrogens with one attached hydrogen (secondary N) is 1. The van der Waals surface area contributed by atoms with Crippen LogP contribution in [0.2, 0.25) is 5.02 Å². The van der Waals surface area contributed by atoms with E-state index in [0.717, 1.165) is 11.1 Å². The Morgan fingerprint density at radius 1 is 1.05 bits per heavy atom. The summed E-state index contributed by atoms with van der Waals surface area (Å²) in [5.74, 6) is 0.598. The Morgan fingerprint density at radius 2 is 1.89 bits per heavy atom. The van der Waals surface area contributed by atoms with Crippen molar-refractivity contribution in [3.63, 3.8) is 0 Å². The molecule has 1 atom stereocenters. The van der Waals surface area contributed by atoms with Crippen molar-refractivity contribution >= 4 is 27.4 Å². The molecule has 0 bridgehead atoms. The average molecular weight is 536 g/mol. The van der Waals surface area contributed by atoms with Crippen molar-refractivity contribution < 1.29 is 17.9 Å². The first-order valence-electron chi connectivity index (χ1n) is 12.0. The van der Waals surface area contributed by atoms with E-state index in [4.69, 9.17) is 16.3 Å². The van der Waals surface area contributed by atoms with Crippen LogP contribution in [-0.4, -0.2) is 23.8 Å². The van der Waals surface area contributed by atoms with E-state index in [1.165, 1.54) is 12.1 Å². The lowest BCUT2D eigenvalue weighted by Crippen LogP contribution is -2.26. The maximum absolute atomic E-state index is 13.1. The van der Waals surface area contributed by atoms with E-state index >= 15 is 0 Å². The van der Waals surface area contributed by atoms with Crippen LogP contribution in [0.1, 0.15) is 46.0 Å². The molecule has 0 radical (unpaired) electrons. The molecule has 1 aliphatic carbocycles. The molecule has 1 aliphatic rings. The van der Waals surface area contributed by atoms with Crippen molar-refractivity contribution in [2.75, 3.05) is 0 Å². The number of hydrogen-bond donors (Lipinski definition) is 1. The minimum Gasteiger partial charge on any atom is -0.484 e. The number of ketones is 1. The van der Waals surface area contributed by atoms with Crippen molar-refractivity contribution in [2.24, 2.45) is 0 Å². The Morgan fingerprint density at radius 3 is 2.65 bits per heavy atom. The molecule has 0 spiro atoms. The molecule has 37 heavy (non-hydrogen) atoms. The SMILES string of the molecule is O=C1CCCc2c1ccc(O[C@H](Cn1ccnc1)c1ccccc1)c2CNS(=O)(=O)c1cccc(Cl)c1. The van der Waals surface area contributed by atoms with Gasteiger partial charge in [-0.3, -0.25) is 4.79 Å². The second-order valence-corrected chi connectivity index (χ2v) is 11.1. The number of aromatic nitrogens is 2. The zero-order valence-electron chi connectivity index (χ0n) is 20.0. The molecule has 9 heteroatoms. The Labute approximate surface area is 221 Å². The Hall–Kier alpha value is -3.46. The number of hydrogen-bond acceptors (Lipinski definition) is 5. The number of carbonyl (C=O) groups excluding carboxylic acids is 1. The molecule has 7 nitrogen and oxygen atoms in total. The van der Waals surface area contributed by atoms with Gasteiger partial charge in [0.15, 0.2) is 5.78 Å². The van der Waals surface area contributed by atoms with E-state index in [-0.39, 0.29) is 23.3 Å². The van der Waals surface area contributed by atoms with E-state index in [0.29, 0.717) is 47.7 Å². The summed E-state index contributed by atoms with van der Waals surface area (Å²) in [7, 11) is -3.85. The highest BCUT2D eigenvalue weighted by atomic mass is 35.5. The summed E-state index contributed by atoms with van der Waals surface area (Å²) in [4.78, 5) is 16.9. The third kappa shape index (κ3) is 5.77. The lowest BCUT2D eigenvalue weighted by atomic mass is 9.87. The monoisotopic (exact) mass is 535 g/mol. The number of imidazole rings is 1.